The van der Waals surface area contributed by atoms with Crippen LogP contribution in [-0.4, -0.2) is 18.5 Å². The molecule has 1 amide bonds. The summed E-state index contributed by atoms with van der Waals surface area (Å²) in [4.78, 5) is 13.9. The third-order valence-corrected chi connectivity index (χ3v) is 3.55. The van der Waals surface area contributed by atoms with Gasteiger partial charge in [0.05, 0.1) is 6.54 Å². The summed E-state index contributed by atoms with van der Waals surface area (Å²) in [6, 6.07) is 13.9. The number of aryl methyl sites for hydroxylation is 1. The molecule has 1 aromatic heterocycles. The van der Waals surface area contributed by atoms with E-state index in [9.17, 15) is 4.79 Å². The zero-order valence-corrected chi connectivity index (χ0v) is 11.5. The Morgan fingerprint density at radius 3 is 2.75 bits per heavy atom. The third-order valence-electron chi connectivity index (χ3n) is 3.55. The lowest BCUT2D eigenvalue weighted by Gasteiger charge is -2.16. The highest BCUT2D eigenvalue weighted by atomic mass is 16.3. The fourth-order valence-electron chi connectivity index (χ4n) is 2.53. The van der Waals surface area contributed by atoms with Crippen LogP contribution in [0.4, 0.5) is 5.69 Å². The number of amides is 1. The van der Waals surface area contributed by atoms with Crippen molar-refractivity contribution in [2.24, 2.45) is 0 Å². The van der Waals surface area contributed by atoms with Crippen LogP contribution < -0.4 is 10.2 Å². The van der Waals surface area contributed by atoms with E-state index in [-0.39, 0.29) is 11.9 Å². The number of nitrogens with zero attached hydrogens (tertiary/aromatic N) is 1. The van der Waals surface area contributed by atoms with E-state index in [1.807, 2.05) is 54.3 Å². The number of hydrogen-bond donors (Lipinski definition) is 1. The normalized spacial score (nSPS) is 18.8. The van der Waals surface area contributed by atoms with E-state index in [1.54, 1.807) is 0 Å². The molecule has 0 radical (unpaired) electrons. The maximum absolute atomic E-state index is 12.1. The Hall–Kier alpha value is -2.07. The number of carbonyl (C=O) groups is 1. The molecule has 0 spiro atoms. The smallest absolute Gasteiger partial charge is 0.228 e. The number of carbonyl (C=O) groups excluding carboxylic acids is 1. The van der Waals surface area contributed by atoms with Crippen LogP contribution in [0.5, 0.6) is 0 Å². The van der Waals surface area contributed by atoms with Crippen molar-refractivity contribution >= 4 is 11.6 Å². The maximum atomic E-state index is 12.1. The monoisotopic (exact) mass is 270 g/mol. The second-order valence-corrected chi connectivity index (χ2v) is 5.13. The van der Waals surface area contributed by atoms with Gasteiger partial charge in [-0.25, -0.2) is 0 Å². The molecule has 1 saturated heterocycles. The topological polar surface area (TPSA) is 45.5 Å². The standard InChI is InChI=1S/C16H18N2O2/c1-12-7-8-15(20-12)10-17-13-9-16(19)18(11-13)14-5-3-2-4-6-14/h2-8,13,17H,9-11H2,1H3. The van der Waals surface area contributed by atoms with Crippen molar-refractivity contribution in [1.29, 1.82) is 0 Å². The van der Waals surface area contributed by atoms with Crippen LogP contribution in [0.2, 0.25) is 0 Å². The number of rotatable bonds is 4. The molecule has 2 heterocycles. The van der Waals surface area contributed by atoms with Crippen LogP contribution in [0.3, 0.4) is 0 Å². The summed E-state index contributed by atoms with van der Waals surface area (Å²) in [6.07, 6.45) is 0.536. The molecular weight excluding hydrogens is 252 g/mol. The van der Waals surface area contributed by atoms with Gasteiger partial charge in [-0.05, 0) is 31.2 Å². The molecule has 2 aromatic rings. The van der Waals surface area contributed by atoms with Crippen LogP contribution in [0.25, 0.3) is 0 Å². The van der Waals surface area contributed by atoms with Gasteiger partial charge in [0.1, 0.15) is 11.5 Å². The largest absolute Gasteiger partial charge is 0.465 e. The first-order chi connectivity index (χ1) is 9.72. The van der Waals surface area contributed by atoms with Gasteiger partial charge >= 0.3 is 0 Å². The molecule has 4 heteroatoms. The van der Waals surface area contributed by atoms with E-state index in [2.05, 4.69) is 5.32 Å². The molecule has 0 saturated carbocycles. The maximum Gasteiger partial charge on any atom is 0.228 e. The molecule has 1 aliphatic heterocycles. The molecule has 1 fully saturated rings. The summed E-state index contributed by atoms with van der Waals surface area (Å²) in [5.74, 6) is 1.99. The van der Waals surface area contributed by atoms with Gasteiger partial charge in [0.25, 0.3) is 0 Å². The molecular formula is C16H18N2O2. The second-order valence-electron chi connectivity index (χ2n) is 5.13. The van der Waals surface area contributed by atoms with Crippen LogP contribution in [0.1, 0.15) is 17.9 Å². The molecule has 1 aliphatic rings. The summed E-state index contributed by atoms with van der Waals surface area (Å²) in [5, 5.41) is 3.39. The van der Waals surface area contributed by atoms with Gasteiger partial charge in [0.15, 0.2) is 0 Å². The van der Waals surface area contributed by atoms with E-state index in [0.29, 0.717) is 19.5 Å². The summed E-state index contributed by atoms with van der Waals surface area (Å²) in [6.45, 7) is 3.30. The van der Waals surface area contributed by atoms with Crippen molar-refractivity contribution < 1.29 is 9.21 Å². The van der Waals surface area contributed by atoms with Crippen molar-refractivity contribution in [2.75, 3.05) is 11.4 Å². The van der Waals surface area contributed by atoms with Gasteiger partial charge in [-0.15, -0.1) is 0 Å². The number of anilines is 1. The summed E-state index contributed by atoms with van der Waals surface area (Å²) in [5.41, 5.74) is 0.968. The van der Waals surface area contributed by atoms with Gasteiger partial charge in [-0.2, -0.15) is 0 Å². The zero-order chi connectivity index (χ0) is 13.9. The summed E-state index contributed by atoms with van der Waals surface area (Å²) >= 11 is 0. The van der Waals surface area contributed by atoms with Gasteiger partial charge < -0.3 is 14.6 Å². The number of nitrogens with one attached hydrogen (secondary N) is 1. The lowest BCUT2D eigenvalue weighted by molar-refractivity contribution is -0.117. The molecule has 1 unspecified atom stereocenters. The molecule has 3 rings (SSSR count). The van der Waals surface area contributed by atoms with E-state index >= 15 is 0 Å². The van der Waals surface area contributed by atoms with Crippen molar-refractivity contribution in [3.8, 4) is 0 Å². The summed E-state index contributed by atoms with van der Waals surface area (Å²) in [7, 11) is 0. The van der Waals surface area contributed by atoms with E-state index in [4.69, 9.17) is 4.42 Å². The number of para-hydroxylation sites is 1. The first-order valence-corrected chi connectivity index (χ1v) is 6.86. The zero-order valence-electron chi connectivity index (χ0n) is 11.5. The van der Waals surface area contributed by atoms with E-state index in [0.717, 1.165) is 17.2 Å². The van der Waals surface area contributed by atoms with Crippen molar-refractivity contribution in [3.05, 3.63) is 54.0 Å². The molecule has 0 aliphatic carbocycles. The van der Waals surface area contributed by atoms with Crippen molar-refractivity contribution in [3.63, 3.8) is 0 Å². The predicted octanol–water partition coefficient (Wildman–Crippen LogP) is 2.48. The summed E-state index contributed by atoms with van der Waals surface area (Å²) < 4.78 is 5.52. The predicted molar refractivity (Wildman–Crippen MR) is 77.5 cm³/mol. The SMILES string of the molecule is Cc1ccc(CNC2CC(=O)N(c3ccccc3)C2)o1. The average Bonchev–Trinajstić information content (AvgIpc) is 3.03. The second kappa shape index (κ2) is 5.51. The molecule has 20 heavy (non-hydrogen) atoms. The molecule has 4 nitrogen and oxygen atoms in total. The Morgan fingerprint density at radius 2 is 2.05 bits per heavy atom. The number of benzene rings is 1. The van der Waals surface area contributed by atoms with Gasteiger partial charge in [0, 0.05) is 24.7 Å². The molecule has 1 aromatic carbocycles. The fraction of sp³-hybridized carbons (Fsp3) is 0.312. The van der Waals surface area contributed by atoms with E-state index in [1.165, 1.54) is 0 Å². The molecule has 1 atom stereocenters. The lowest BCUT2D eigenvalue weighted by atomic mass is 10.2. The van der Waals surface area contributed by atoms with Crippen LogP contribution >= 0.6 is 0 Å². The number of hydrogen-bond acceptors (Lipinski definition) is 3. The lowest BCUT2D eigenvalue weighted by Crippen LogP contribution is -2.32. The van der Waals surface area contributed by atoms with Crippen molar-refractivity contribution in [2.45, 2.75) is 25.9 Å². The molecule has 104 valence electrons. The Kier molecular flexibility index (Phi) is 3.56. The first kappa shape index (κ1) is 12.9. The third kappa shape index (κ3) is 2.75. The highest BCUT2D eigenvalue weighted by Gasteiger charge is 2.30. The highest BCUT2D eigenvalue weighted by molar-refractivity contribution is 5.96. The minimum Gasteiger partial charge on any atom is -0.465 e. The average molecular weight is 270 g/mol. The first-order valence-electron chi connectivity index (χ1n) is 6.86. The van der Waals surface area contributed by atoms with Gasteiger partial charge in [-0.1, -0.05) is 18.2 Å². The van der Waals surface area contributed by atoms with Crippen LogP contribution in [0, 0.1) is 6.92 Å². The van der Waals surface area contributed by atoms with Crippen molar-refractivity contribution in [1.82, 2.24) is 5.32 Å². The highest BCUT2D eigenvalue weighted by Crippen LogP contribution is 2.21. The minimum absolute atomic E-state index is 0.171. The fourth-order valence-corrected chi connectivity index (χ4v) is 2.53. The number of furan rings is 1. The van der Waals surface area contributed by atoms with Gasteiger partial charge in [-0.3, -0.25) is 4.79 Å². The Balaban J connectivity index is 1.59. The Labute approximate surface area is 118 Å². The van der Waals surface area contributed by atoms with Gasteiger partial charge in [0.2, 0.25) is 5.91 Å². The Morgan fingerprint density at radius 1 is 1.25 bits per heavy atom. The quantitative estimate of drug-likeness (QED) is 0.928. The van der Waals surface area contributed by atoms with E-state index < -0.39 is 0 Å². The Bertz CT molecular complexity index is 592. The molecule has 1 N–H and O–H groups in total. The van der Waals surface area contributed by atoms with Crippen LogP contribution in [-0.2, 0) is 11.3 Å². The van der Waals surface area contributed by atoms with Crippen LogP contribution in [0.15, 0.2) is 46.9 Å². The minimum atomic E-state index is 0.171. The molecule has 0 bridgehead atoms.